The predicted molar refractivity (Wildman–Crippen MR) is 152 cm³/mol. The lowest BCUT2D eigenvalue weighted by Gasteiger charge is -2.56. The number of hydrogen-bond donors (Lipinski definition) is 1. The van der Waals surface area contributed by atoms with Crippen LogP contribution in [0.1, 0.15) is 31.4 Å². The number of benzene rings is 2. The molecule has 2 bridgehead atoms. The zero-order valence-corrected chi connectivity index (χ0v) is 22.9. The van der Waals surface area contributed by atoms with Gasteiger partial charge in [0, 0.05) is 54.9 Å². The molecule has 7 rings (SSSR count). The molecule has 3 fully saturated rings. The van der Waals surface area contributed by atoms with E-state index in [9.17, 15) is 10.4 Å². The van der Waals surface area contributed by atoms with Crippen molar-refractivity contribution in [3.63, 3.8) is 0 Å². The van der Waals surface area contributed by atoms with Crippen molar-refractivity contribution >= 4 is 16.7 Å². The van der Waals surface area contributed by atoms with Gasteiger partial charge in [-0.15, -0.1) is 0 Å². The van der Waals surface area contributed by atoms with E-state index in [0.717, 1.165) is 42.3 Å². The Morgan fingerprint density at radius 1 is 1.05 bits per heavy atom. The summed E-state index contributed by atoms with van der Waals surface area (Å²) in [5, 5.41) is 28.8. The lowest BCUT2D eigenvalue weighted by atomic mass is 9.86. The number of rotatable bonds is 8. The number of nitrogens with zero attached hydrogens (tertiary/aromatic N) is 6. The van der Waals surface area contributed by atoms with Gasteiger partial charge in [-0.2, -0.15) is 15.5 Å². The molecular weight excluding hydrogens is 504 g/mol. The maximum atomic E-state index is 10.1. The van der Waals surface area contributed by atoms with Crippen LogP contribution < -0.4 is 14.4 Å². The number of nitriles is 1. The van der Waals surface area contributed by atoms with Crippen LogP contribution in [0.3, 0.4) is 0 Å². The highest BCUT2D eigenvalue weighted by Gasteiger charge is 2.44. The Morgan fingerprint density at radius 2 is 1.82 bits per heavy atom. The van der Waals surface area contributed by atoms with Gasteiger partial charge in [-0.3, -0.25) is 4.90 Å². The topological polar surface area (TPSA) is 108 Å². The monoisotopic (exact) mass is 536 g/mol. The van der Waals surface area contributed by atoms with E-state index >= 15 is 0 Å². The number of methoxy groups -OCH3 is 1. The molecule has 0 aliphatic carbocycles. The molecular formula is C31H32N6O3. The molecule has 2 aromatic heterocycles. The largest absolute Gasteiger partial charge is 0.497 e. The van der Waals surface area contributed by atoms with Crippen LogP contribution in [0.25, 0.3) is 22.0 Å². The molecule has 5 heterocycles. The van der Waals surface area contributed by atoms with Crippen LogP contribution in [-0.4, -0.2) is 69.7 Å². The van der Waals surface area contributed by atoms with Gasteiger partial charge in [-0.25, -0.2) is 4.98 Å². The van der Waals surface area contributed by atoms with E-state index < -0.39 is 5.60 Å². The summed E-state index contributed by atoms with van der Waals surface area (Å²) in [5.41, 5.74) is 2.95. The summed E-state index contributed by atoms with van der Waals surface area (Å²) in [5.74, 6) is 2.37. The standard InChI is InChI=1S/C31H32N6O3/c1-31(2,38)19-40-26-11-27(30-22(13-32)15-34-35-28(30)12-26)21-6-9-29(33-14-21)36-17-23-10-24(18-36)37(23)16-20-4-7-25(39-3)8-5-20/h4-9,11-12,14-15,23-24,38H,10,16-19H2,1-3H3. The molecule has 0 saturated carbocycles. The highest BCUT2D eigenvalue weighted by atomic mass is 16.5. The Labute approximate surface area is 233 Å². The number of hydrogen-bond acceptors (Lipinski definition) is 9. The van der Waals surface area contributed by atoms with Gasteiger partial charge in [0.1, 0.15) is 30.0 Å². The number of pyridine rings is 1. The van der Waals surface area contributed by atoms with E-state index in [0.29, 0.717) is 34.3 Å². The van der Waals surface area contributed by atoms with Crippen molar-refractivity contribution in [1.82, 2.24) is 20.1 Å². The number of anilines is 1. The van der Waals surface area contributed by atoms with E-state index in [1.165, 1.54) is 18.2 Å². The molecule has 4 aromatic rings. The molecule has 9 nitrogen and oxygen atoms in total. The number of piperidine rings is 1. The van der Waals surface area contributed by atoms with E-state index in [1.54, 1.807) is 27.0 Å². The summed E-state index contributed by atoms with van der Waals surface area (Å²) < 4.78 is 11.2. The Bertz CT molecular complexity index is 1550. The molecule has 0 amide bonds. The van der Waals surface area contributed by atoms with E-state index in [4.69, 9.17) is 14.5 Å². The molecule has 1 N–H and O–H groups in total. The first-order valence-corrected chi connectivity index (χ1v) is 13.5. The third kappa shape index (κ3) is 5.16. The molecule has 40 heavy (non-hydrogen) atoms. The number of ether oxygens (including phenoxy) is 2. The van der Waals surface area contributed by atoms with Gasteiger partial charge in [0.05, 0.1) is 30.0 Å². The third-order valence-corrected chi connectivity index (χ3v) is 7.68. The van der Waals surface area contributed by atoms with Crippen LogP contribution in [0.2, 0.25) is 0 Å². The maximum absolute atomic E-state index is 10.1. The van der Waals surface area contributed by atoms with Gasteiger partial charge >= 0.3 is 0 Å². The van der Waals surface area contributed by atoms with Crippen LogP contribution in [0, 0.1) is 11.3 Å². The summed E-state index contributed by atoms with van der Waals surface area (Å²) in [6.45, 7) is 6.32. The Kier molecular flexibility index (Phi) is 6.74. The van der Waals surface area contributed by atoms with Crippen LogP contribution in [0.4, 0.5) is 5.82 Å². The van der Waals surface area contributed by atoms with E-state index in [1.807, 2.05) is 36.5 Å². The van der Waals surface area contributed by atoms with Gasteiger partial charge in [-0.1, -0.05) is 12.1 Å². The second-order valence-corrected chi connectivity index (χ2v) is 11.2. The van der Waals surface area contributed by atoms with Gasteiger partial charge in [0.25, 0.3) is 0 Å². The summed E-state index contributed by atoms with van der Waals surface area (Å²) in [7, 11) is 1.69. The van der Waals surface area contributed by atoms with Gasteiger partial charge in [-0.05, 0) is 61.7 Å². The van der Waals surface area contributed by atoms with Crippen LogP contribution in [-0.2, 0) is 6.54 Å². The molecule has 0 spiro atoms. The smallest absolute Gasteiger partial charge is 0.128 e. The fourth-order valence-corrected chi connectivity index (χ4v) is 5.64. The first-order chi connectivity index (χ1) is 19.3. The normalized spacial score (nSPS) is 18.7. The van der Waals surface area contributed by atoms with Crippen molar-refractivity contribution in [2.75, 3.05) is 31.7 Å². The first-order valence-electron chi connectivity index (χ1n) is 13.5. The van der Waals surface area contributed by atoms with Gasteiger partial charge in [0.15, 0.2) is 0 Å². The molecule has 2 atom stereocenters. The molecule has 3 aliphatic heterocycles. The first kappa shape index (κ1) is 26.0. The van der Waals surface area contributed by atoms with Crippen molar-refractivity contribution < 1.29 is 14.6 Å². The molecule has 3 saturated heterocycles. The number of fused-ring (bicyclic) bond motifs is 3. The fourth-order valence-electron chi connectivity index (χ4n) is 5.64. The minimum atomic E-state index is -0.988. The Morgan fingerprint density at radius 3 is 2.48 bits per heavy atom. The number of aliphatic hydroxyl groups is 1. The highest BCUT2D eigenvalue weighted by Crippen LogP contribution is 2.37. The Hall–Kier alpha value is -4.26. The lowest BCUT2D eigenvalue weighted by Crippen LogP contribution is -2.68. The van der Waals surface area contributed by atoms with Gasteiger partial charge < -0.3 is 19.5 Å². The summed E-state index contributed by atoms with van der Waals surface area (Å²) in [6, 6.07) is 19.3. The van der Waals surface area contributed by atoms with Crippen molar-refractivity contribution in [2.24, 2.45) is 0 Å². The van der Waals surface area contributed by atoms with Crippen LogP contribution in [0.5, 0.6) is 11.5 Å². The van der Waals surface area contributed by atoms with Crippen molar-refractivity contribution in [2.45, 2.75) is 44.5 Å². The van der Waals surface area contributed by atoms with E-state index in [-0.39, 0.29) is 6.61 Å². The van der Waals surface area contributed by atoms with Crippen molar-refractivity contribution in [1.29, 1.82) is 5.26 Å². The Balaban J connectivity index is 1.21. The average Bonchev–Trinajstić information content (AvgIpc) is 2.98. The van der Waals surface area contributed by atoms with Crippen LogP contribution in [0.15, 0.2) is 60.9 Å². The molecule has 204 valence electrons. The zero-order valence-electron chi connectivity index (χ0n) is 22.9. The predicted octanol–water partition coefficient (Wildman–Crippen LogP) is 4.18. The van der Waals surface area contributed by atoms with E-state index in [2.05, 4.69) is 38.2 Å². The number of piperazine rings is 1. The maximum Gasteiger partial charge on any atom is 0.128 e. The lowest BCUT2D eigenvalue weighted by molar-refractivity contribution is -0.00868. The summed E-state index contributed by atoms with van der Waals surface area (Å²) >= 11 is 0. The number of aromatic nitrogens is 3. The summed E-state index contributed by atoms with van der Waals surface area (Å²) in [4.78, 5) is 9.78. The molecule has 2 unspecified atom stereocenters. The third-order valence-electron chi connectivity index (χ3n) is 7.68. The second kappa shape index (κ2) is 10.4. The minimum absolute atomic E-state index is 0.118. The van der Waals surface area contributed by atoms with Crippen LogP contribution >= 0.6 is 0 Å². The SMILES string of the molecule is COc1ccc(CN2C3CC2CN(c2ccc(-c4cc(OCC(C)(C)O)cc5nncc(C#N)c45)cn2)C3)cc1. The average molecular weight is 537 g/mol. The molecule has 3 aliphatic rings. The molecule has 2 aromatic carbocycles. The van der Waals surface area contributed by atoms with Crippen molar-refractivity contribution in [3.05, 3.63) is 72.1 Å². The summed E-state index contributed by atoms with van der Waals surface area (Å²) in [6.07, 6.45) is 4.54. The zero-order chi connectivity index (χ0) is 27.9. The van der Waals surface area contributed by atoms with Crippen molar-refractivity contribution in [3.8, 4) is 28.7 Å². The van der Waals surface area contributed by atoms with Gasteiger partial charge in [0.2, 0.25) is 0 Å². The minimum Gasteiger partial charge on any atom is -0.497 e. The molecule has 9 heteroatoms. The fraction of sp³-hybridized carbons (Fsp3) is 0.355. The molecule has 0 radical (unpaired) electrons. The quantitative estimate of drug-likeness (QED) is 0.355. The second-order valence-electron chi connectivity index (χ2n) is 11.2. The highest BCUT2D eigenvalue weighted by molar-refractivity contribution is 5.99.